The van der Waals surface area contributed by atoms with Gasteiger partial charge in [-0.1, -0.05) is 152 Å². The molecule has 5 heteroatoms. The standard InChI is InChI=1S/C54H37N5/c1-35-13-9-11-19-44(35)41-25-28-47-48-29-26-42(45-20-12-10-14-36(45)2)32-51(48)59(50(47)31-41)43-27-30-46(38-23-21-37(34-55)22-24-38)49(33-43)54-57-52(39-15-5-3-6-16-39)56-53(58-54)40-17-7-4-8-18-40/h3-33H,1-2H3. The minimum absolute atomic E-state index is 0.556. The van der Waals surface area contributed by atoms with Crippen molar-refractivity contribution in [1.29, 1.82) is 5.26 Å². The van der Waals surface area contributed by atoms with Gasteiger partial charge >= 0.3 is 0 Å². The molecule has 0 radical (unpaired) electrons. The van der Waals surface area contributed by atoms with Gasteiger partial charge in [-0.25, -0.2) is 15.0 Å². The quantitative estimate of drug-likeness (QED) is 0.162. The second-order valence-electron chi connectivity index (χ2n) is 14.9. The first-order valence-corrected chi connectivity index (χ1v) is 19.7. The van der Waals surface area contributed by atoms with Crippen molar-refractivity contribution in [3.05, 3.63) is 205 Å². The Labute approximate surface area is 343 Å². The molecule has 0 atom stereocenters. The van der Waals surface area contributed by atoms with Crippen LogP contribution in [-0.2, 0) is 0 Å². The molecule has 10 aromatic rings. The average Bonchev–Trinajstić information content (AvgIpc) is 3.62. The van der Waals surface area contributed by atoms with E-state index < -0.39 is 0 Å². The first-order chi connectivity index (χ1) is 29.0. The van der Waals surface area contributed by atoms with Crippen molar-refractivity contribution in [3.63, 3.8) is 0 Å². The van der Waals surface area contributed by atoms with Crippen LogP contribution in [0.2, 0.25) is 0 Å². The van der Waals surface area contributed by atoms with Gasteiger partial charge in [0.25, 0.3) is 0 Å². The zero-order chi connectivity index (χ0) is 39.9. The molecule has 278 valence electrons. The van der Waals surface area contributed by atoms with Crippen molar-refractivity contribution >= 4 is 21.8 Å². The molecule has 0 unspecified atom stereocenters. The van der Waals surface area contributed by atoms with Crippen LogP contribution in [0.4, 0.5) is 0 Å². The molecule has 2 aromatic heterocycles. The monoisotopic (exact) mass is 755 g/mol. The highest BCUT2D eigenvalue weighted by molar-refractivity contribution is 6.11. The Morgan fingerprint density at radius 2 is 0.864 bits per heavy atom. The largest absolute Gasteiger partial charge is 0.309 e. The maximum atomic E-state index is 9.66. The summed E-state index contributed by atoms with van der Waals surface area (Å²) in [4.78, 5) is 15.4. The fraction of sp³-hybridized carbons (Fsp3) is 0.0370. The van der Waals surface area contributed by atoms with Crippen LogP contribution < -0.4 is 0 Å². The molecule has 0 aliphatic rings. The fourth-order valence-corrected chi connectivity index (χ4v) is 8.19. The molecule has 5 nitrogen and oxygen atoms in total. The van der Waals surface area contributed by atoms with Crippen LogP contribution in [0, 0.1) is 25.2 Å². The van der Waals surface area contributed by atoms with Crippen molar-refractivity contribution in [2.45, 2.75) is 13.8 Å². The van der Waals surface area contributed by atoms with Crippen molar-refractivity contribution in [2.24, 2.45) is 0 Å². The Kier molecular flexibility index (Phi) is 8.93. The minimum atomic E-state index is 0.556. The summed E-state index contributed by atoms with van der Waals surface area (Å²) in [6.07, 6.45) is 0. The third-order valence-corrected chi connectivity index (χ3v) is 11.2. The van der Waals surface area contributed by atoms with Gasteiger partial charge < -0.3 is 4.57 Å². The third kappa shape index (κ3) is 6.53. The normalized spacial score (nSPS) is 11.2. The molecular formula is C54H37N5. The van der Waals surface area contributed by atoms with Crippen molar-refractivity contribution in [2.75, 3.05) is 0 Å². The summed E-state index contributed by atoms with van der Waals surface area (Å²) in [5.41, 5.74) is 15.5. The smallest absolute Gasteiger partial charge is 0.164 e. The summed E-state index contributed by atoms with van der Waals surface area (Å²) in [6, 6.07) is 67.4. The van der Waals surface area contributed by atoms with E-state index in [4.69, 9.17) is 15.0 Å². The van der Waals surface area contributed by atoms with Gasteiger partial charge in [0.2, 0.25) is 0 Å². The molecule has 0 saturated carbocycles. The summed E-state index contributed by atoms with van der Waals surface area (Å²) in [6.45, 7) is 4.33. The molecule has 0 bridgehead atoms. The van der Waals surface area contributed by atoms with Gasteiger partial charge in [0.1, 0.15) is 0 Å². The van der Waals surface area contributed by atoms with Gasteiger partial charge in [-0.15, -0.1) is 0 Å². The van der Waals surface area contributed by atoms with E-state index in [0.717, 1.165) is 55.7 Å². The molecule has 0 aliphatic carbocycles. The Morgan fingerprint density at radius 3 is 1.37 bits per heavy atom. The number of hydrogen-bond donors (Lipinski definition) is 0. The van der Waals surface area contributed by atoms with Crippen molar-refractivity contribution in [1.82, 2.24) is 19.5 Å². The number of rotatable bonds is 7. The predicted octanol–water partition coefficient (Wildman–Crippen LogP) is 13.5. The van der Waals surface area contributed by atoms with E-state index in [9.17, 15) is 5.26 Å². The second-order valence-corrected chi connectivity index (χ2v) is 14.9. The molecule has 2 heterocycles. The van der Waals surface area contributed by atoms with Gasteiger partial charge in [0.05, 0.1) is 22.7 Å². The van der Waals surface area contributed by atoms with Crippen LogP contribution in [0.5, 0.6) is 0 Å². The first kappa shape index (κ1) is 35.5. The predicted molar refractivity (Wildman–Crippen MR) is 241 cm³/mol. The molecule has 59 heavy (non-hydrogen) atoms. The van der Waals surface area contributed by atoms with E-state index in [-0.39, 0.29) is 0 Å². The van der Waals surface area contributed by atoms with Gasteiger partial charge in [-0.05, 0) is 94.8 Å². The summed E-state index contributed by atoms with van der Waals surface area (Å²) >= 11 is 0. The fourth-order valence-electron chi connectivity index (χ4n) is 8.19. The van der Waals surface area contributed by atoms with Gasteiger partial charge in [0, 0.05) is 33.2 Å². The Hall–Kier alpha value is -7.94. The first-order valence-electron chi connectivity index (χ1n) is 19.7. The zero-order valence-electron chi connectivity index (χ0n) is 32.6. The maximum Gasteiger partial charge on any atom is 0.164 e. The Balaban J connectivity index is 1.28. The van der Waals surface area contributed by atoms with Crippen LogP contribution in [0.25, 0.3) is 95.0 Å². The zero-order valence-corrected chi connectivity index (χ0v) is 32.6. The van der Waals surface area contributed by atoms with E-state index in [0.29, 0.717) is 23.0 Å². The molecule has 10 rings (SSSR count). The summed E-state index contributed by atoms with van der Waals surface area (Å²) < 4.78 is 2.39. The van der Waals surface area contributed by atoms with Crippen LogP contribution in [0.1, 0.15) is 16.7 Å². The number of nitriles is 1. The van der Waals surface area contributed by atoms with Gasteiger partial charge in [-0.3, -0.25) is 0 Å². The molecule has 0 saturated heterocycles. The molecular weight excluding hydrogens is 719 g/mol. The maximum absolute atomic E-state index is 9.66. The topological polar surface area (TPSA) is 67.4 Å². The number of aryl methyl sites for hydroxylation is 2. The van der Waals surface area contributed by atoms with Crippen LogP contribution in [0.15, 0.2) is 188 Å². The Bertz CT molecular complexity index is 3070. The van der Waals surface area contributed by atoms with Gasteiger partial charge in [-0.2, -0.15) is 5.26 Å². The number of nitrogens with zero attached hydrogens (tertiary/aromatic N) is 5. The molecule has 0 N–H and O–H groups in total. The number of hydrogen-bond acceptors (Lipinski definition) is 4. The lowest BCUT2D eigenvalue weighted by Crippen LogP contribution is -2.02. The molecule has 0 aliphatic heterocycles. The van der Waals surface area contributed by atoms with E-state index in [1.165, 1.54) is 33.0 Å². The molecule has 8 aromatic carbocycles. The Morgan fingerprint density at radius 1 is 0.390 bits per heavy atom. The van der Waals surface area contributed by atoms with Crippen LogP contribution in [-0.4, -0.2) is 19.5 Å². The summed E-state index contributed by atoms with van der Waals surface area (Å²) in [7, 11) is 0. The second kappa shape index (κ2) is 14.9. The van der Waals surface area contributed by atoms with E-state index in [2.05, 4.69) is 128 Å². The average molecular weight is 756 g/mol. The highest BCUT2D eigenvalue weighted by Crippen LogP contribution is 2.40. The van der Waals surface area contributed by atoms with E-state index in [1.54, 1.807) is 0 Å². The molecule has 0 fully saturated rings. The lowest BCUT2D eigenvalue weighted by Gasteiger charge is -2.16. The van der Waals surface area contributed by atoms with E-state index >= 15 is 0 Å². The van der Waals surface area contributed by atoms with Crippen molar-refractivity contribution in [3.8, 4) is 79.3 Å². The number of benzene rings is 8. The van der Waals surface area contributed by atoms with E-state index in [1.807, 2.05) is 84.9 Å². The van der Waals surface area contributed by atoms with Crippen molar-refractivity contribution < 1.29 is 0 Å². The molecule has 0 spiro atoms. The highest BCUT2D eigenvalue weighted by Gasteiger charge is 2.20. The molecule has 0 amide bonds. The summed E-state index contributed by atoms with van der Waals surface area (Å²) in [5, 5.41) is 12.0. The number of aromatic nitrogens is 4. The third-order valence-electron chi connectivity index (χ3n) is 11.2. The lowest BCUT2D eigenvalue weighted by atomic mass is 9.97. The number of fused-ring (bicyclic) bond motifs is 3. The summed E-state index contributed by atoms with van der Waals surface area (Å²) in [5.74, 6) is 1.74. The van der Waals surface area contributed by atoms with Gasteiger partial charge in [0.15, 0.2) is 17.5 Å². The highest BCUT2D eigenvalue weighted by atomic mass is 15.0. The minimum Gasteiger partial charge on any atom is -0.309 e. The lowest BCUT2D eigenvalue weighted by molar-refractivity contribution is 1.07. The SMILES string of the molecule is Cc1ccccc1-c1ccc2c3ccc(-c4ccccc4C)cc3n(-c3ccc(-c4ccc(C#N)cc4)c(-c4nc(-c5ccccc5)nc(-c5ccccc5)n4)c3)c2c1. The van der Waals surface area contributed by atoms with Crippen LogP contribution in [0.3, 0.4) is 0 Å². The van der Waals surface area contributed by atoms with Crippen LogP contribution >= 0.6 is 0 Å².